The zero-order valence-corrected chi connectivity index (χ0v) is 10.9. The molecule has 0 radical (unpaired) electrons. The standard InChI is InChI=1S/C18H20/c1-2-17(18-13-7-4-8-14-18)15-9-12-16-10-5-3-6-11-16/h3-14,17H,2,15H2,1H3/b12-9+. The lowest BCUT2D eigenvalue weighted by Crippen LogP contribution is -1.94. The first-order valence-electron chi connectivity index (χ1n) is 6.66. The van der Waals surface area contributed by atoms with E-state index in [1.54, 1.807) is 0 Å². The minimum atomic E-state index is 0.631. The van der Waals surface area contributed by atoms with Crippen LogP contribution in [0.2, 0.25) is 0 Å². The van der Waals surface area contributed by atoms with Crippen LogP contribution in [0, 0.1) is 0 Å². The first-order valence-corrected chi connectivity index (χ1v) is 6.66. The molecule has 0 nitrogen and oxygen atoms in total. The third-order valence-corrected chi connectivity index (χ3v) is 3.29. The lowest BCUT2D eigenvalue weighted by atomic mass is 9.93. The first-order chi connectivity index (χ1) is 8.90. The molecule has 0 N–H and O–H groups in total. The maximum atomic E-state index is 2.29. The Balaban J connectivity index is 1.98. The summed E-state index contributed by atoms with van der Waals surface area (Å²) >= 11 is 0. The van der Waals surface area contributed by atoms with Crippen LogP contribution in [0.4, 0.5) is 0 Å². The molecule has 18 heavy (non-hydrogen) atoms. The van der Waals surface area contributed by atoms with E-state index in [1.165, 1.54) is 17.5 Å². The highest BCUT2D eigenvalue weighted by molar-refractivity contribution is 5.48. The summed E-state index contributed by atoms with van der Waals surface area (Å²) in [5.74, 6) is 0.631. The summed E-state index contributed by atoms with van der Waals surface area (Å²) in [6.45, 7) is 2.26. The highest BCUT2D eigenvalue weighted by atomic mass is 14.1. The molecule has 0 heteroatoms. The molecule has 0 saturated heterocycles. The van der Waals surface area contributed by atoms with Crippen molar-refractivity contribution in [3.05, 3.63) is 77.9 Å². The van der Waals surface area contributed by atoms with E-state index >= 15 is 0 Å². The van der Waals surface area contributed by atoms with Gasteiger partial charge in [-0.3, -0.25) is 0 Å². The lowest BCUT2D eigenvalue weighted by molar-refractivity contribution is 0.676. The summed E-state index contributed by atoms with van der Waals surface area (Å²) in [4.78, 5) is 0. The van der Waals surface area contributed by atoms with Gasteiger partial charge in [-0.05, 0) is 29.9 Å². The van der Waals surface area contributed by atoms with Gasteiger partial charge in [0.2, 0.25) is 0 Å². The van der Waals surface area contributed by atoms with E-state index in [4.69, 9.17) is 0 Å². The van der Waals surface area contributed by atoms with Gasteiger partial charge >= 0.3 is 0 Å². The molecule has 0 saturated carbocycles. The van der Waals surface area contributed by atoms with E-state index in [9.17, 15) is 0 Å². The summed E-state index contributed by atoms with van der Waals surface area (Å²) in [6, 6.07) is 21.3. The molecule has 0 aliphatic heterocycles. The molecule has 0 amide bonds. The van der Waals surface area contributed by atoms with Crippen LogP contribution in [0.1, 0.15) is 36.8 Å². The van der Waals surface area contributed by atoms with E-state index in [0.29, 0.717) is 5.92 Å². The van der Waals surface area contributed by atoms with Crippen LogP contribution in [0.15, 0.2) is 66.7 Å². The molecule has 0 heterocycles. The Morgan fingerprint density at radius 3 is 2.11 bits per heavy atom. The van der Waals surface area contributed by atoms with Gasteiger partial charge in [-0.15, -0.1) is 0 Å². The van der Waals surface area contributed by atoms with Crippen molar-refractivity contribution in [3.63, 3.8) is 0 Å². The average Bonchev–Trinajstić information content (AvgIpc) is 2.46. The predicted octanol–water partition coefficient (Wildman–Crippen LogP) is 5.28. The molecule has 0 bridgehead atoms. The van der Waals surface area contributed by atoms with Gasteiger partial charge in [0.15, 0.2) is 0 Å². The summed E-state index contributed by atoms with van der Waals surface area (Å²) in [5, 5.41) is 0. The molecule has 92 valence electrons. The number of hydrogen-bond donors (Lipinski definition) is 0. The normalized spacial score (nSPS) is 12.7. The fourth-order valence-corrected chi connectivity index (χ4v) is 2.20. The van der Waals surface area contributed by atoms with Crippen molar-refractivity contribution in [2.45, 2.75) is 25.7 Å². The van der Waals surface area contributed by atoms with Crippen LogP contribution in [-0.4, -0.2) is 0 Å². The summed E-state index contributed by atoms with van der Waals surface area (Å²) in [6.07, 6.45) is 6.79. The van der Waals surface area contributed by atoms with Crippen molar-refractivity contribution in [2.75, 3.05) is 0 Å². The number of allylic oxidation sites excluding steroid dienone is 1. The van der Waals surface area contributed by atoms with Gasteiger partial charge in [0.25, 0.3) is 0 Å². The van der Waals surface area contributed by atoms with Crippen LogP contribution >= 0.6 is 0 Å². The van der Waals surface area contributed by atoms with E-state index in [2.05, 4.69) is 79.7 Å². The topological polar surface area (TPSA) is 0 Å². The van der Waals surface area contributed by atoms with Crippen LogP contribution in [0.25, 0.3) is 6.08 Å². The molecule has 0 spiro atoms. The van der Waals surface area contributed by atoms with E-state index < -0.39 is 0 Å². The highest BCUT2D eigenvalue weighted by Crippen LogP contribution is 2.23. The van der Waals surface area contributed by atoms with Crippen LogP contribution in [-0.2, 0) is 0 Å². The maximum Gasteiger partial charge on any atom is -0.0130 e. The Kier molecular flexibility index (Phi) is 4.78. The Morgan fingerprint density at radius 1 is 0.889 bits per heavy atom. The zero-order valence-electron chi connectivity index (χ0n) is 10.9. The molecule has 2 rings (SSSR count). The van der Waals surface area contributed by atoms with Crippen LogP contribution < -0.4 is 0 Å². The maximum absolute atomic E-state index is 2.29. The molecule has 0 fully saturated rings. The Morgan fingerprint density at radius 2 is 1.50 bits per heavy atom. The second kappa shape index (κ2) is 6.80. The van der Waals surface area contributed by atoms with Gasteiger partial charge in [-0.2, -0.15) is 0 Å². The van der Waals surface area contributed by atoms with E-state index in [0.717, 1.165) is 6.42 Å². The van der Waals surface area contributed by atoms with Crippen molar-refractivity contribution < 1.29 is 0 Å². The Bertz CT molecular complexity index is 468. The van der Waals surface area contributed by atoms with E-state index in [1.807, 2.05) is 0 Å². The molecule has 2 aromatic carbocycles. The number of benzene rings is 2. The van der Waals surface area contributed by atoms with Crippen molar-refractivity contribution in [1.29, 1.82) is 0 Å². The second-order valence-corrected chi connectivity index (χ2v) is 4.56. The quantitative estimate of drug-likeness (QED) is 0.662. The van der Waals surface area contributed by atoms with Crippen molar-refractivity contribution in [2.24, 2.45) is 0 Å². The summed E-state index contributed by atoms with van der Waals surface area (Å²) < 4.78 is 0. The van der Waals surface area contributed by atoms with Gasteiger partial charge in [0.05, 0.1) is 0 Å². The summed E-state index contributed by atoms with van der Waals surface area (Å²) in [7, 11) is 0. The van der Waals surface area contributed by atoms with Crippen molar-refractivity contribution >= 4 is 6.08 Å². The monoisotopic (exact) mass is 236 g/mol. The molecule has 1 unspecified atom stereocenters. The second-order valence-electron chi connectivity index (χ2n) is 4.56. The van der Waals surface area contributed by atoms with Crippen LogP contribution in [0.5, 0.6) is 0 Å². The van der Waals surface area contributed by atoms with Gasteiger partial charge in [0, 0.05) is 0 Å². The Hall–Kier alpha value is -1.82. The van der Waals surface area contributed by atoms with Gasteiger partial charge in [-0.1, -0.05) is 79.7 Å². The van der Waals surface area contributed by atoms with Gasteiger partial charge in [0.1, 0.15) is 0 Å². The fourth-order valence-electron chi connectivity index (χ4n) is 2.20. The Labute approximate surface area is 110 Å². The molecular weight excluding hydrogens is 216 g/mol. The summed E-state index contributed by atoms with van der Waals surface area (Å²) in [5.41, 5.74) is 2.72. The van der Waals surface area contributed by atoms with Crippen molar-refractivity contribution in [1.82, 2.24) is 0 Å². The van der Waals surface area contributed by atoms with Gasteiger partial charge < -0.3 is 0 Å². The fraction of sp³-hybridized carbons (Fsp3) is 0.222. The minimum absolute atomic E-state index is 0.631. The van der Waals surface area contributed by atoms with Crippen molar-refractivity contribution in [3.8, 4) is 0 Å². The van der Waals surface area contributed by atoms with Crippen LogP contribution in [0.3, 0.4) is 0 Å². The molecule has 0 aromatic heterocycles. The molecule has 0 aliphatic rings. The molecule has 0 aliphatic carbocycles. The smallest absolute Gasteiger partial charge is 0.0130 e. The largest absolute Gasteiger partial charge is 0.0833 e. The van der Waals surface area contributed by atoms with E-state index in [-0.39, 0.29) is 0 Å². The number of rotatable bonds is 5. The number of hydrogen-bond acceptors (Lipinski definition) is 0. The third-order valence-electron chi connectivity index (χ3n) is 3.29. The minimum Gasteiger partial charge on any atom is -0.0833 e. The lowest BCUT2D eigenvalue weighted by Gasteiger charge is -2.12. The van der Waals surface area contributed by atoms with Gasteiger partial charge in [-0.25, -0.2) is 0 Å². The third kappa shape index (κ3) is 3.59. The average molecular weight is 236 g/mol. The SMILES string of the molecule is CCC(C/C=C/c1ccccc1)c1ccccc1. The first kappa shape index (κ1) is 12.6. The predicted molar refractivity (Wildman–Crippen MR) is 79.6 cm³/mol. The molecular formula is C18H20. The highest BCUT2D eigenvalue weighted by Gasteiger charge is 2.05. The molecule has 2 aromatic rings. The molecule has 1 atom stereocenters. The zero-order chi connectivity index (χ0) is 12.6.